The van der Waals surface area contributed by atoms with Crippen LogP contribution in [0.15, 0.2) is 23.5 Å². The van der Waals surface area contributed by atoms with E-state index in [9.17, 15) is 0 Å². The highest BCUT2D eigenvalue weighted by atomic mass is 16.5. The highest BCUT2D eigenvalue weighted by Crippen LogP contribution is 1.85. The molecule has 0 atom stereocenters. The van der Waals surface area contributed by atoms with Crippen LogP contribution in [-0.4, -0.2) is 42.0 Å². The van der Waals surface area contributed by atoms with Crippen LogP contribution in [0.5, 0.6) is 0 Å². The second-order valence-electron chi connectivity index (χ2n) is 3.62. The average Bonchev–Trinajstić information content (AvgIpc) is 2.89. The maximum absolute atomic E-state index is 5.38. The van der Waals surface area contributed by atoms with Gasteiger partial charge in [0.1, 0.15) is 0 Å². The molecule has 0 fully saturated rings. The van der Waals surface area contributed by atoms with Crippen LogP contribution >= 0.6 is 0 Å². The van der Waals surface area contributed by atoms with Gasteiger partial charge >= 0.3 is 0 Å². The third-order valence-electron chi connectivity index (χ3n) is 2.25. The normalized spacial score (nSPS) is 11.6. The van der Waals surface area contributed by atoms with Gasteiger partial charge in [-0.25, -0.2) is 5.84 Å². The van der Waals surface area contributed by atoms with Gasteiger partial charge < -0.3 is 10.1 Å². The number of guanidine groups is 1. The van der Waals surface area contributed by atoms with E-state index < -0.39 is 0 Å². The Labute approximate surface area is 107 Å². The largest absolute Gasteiger partial charge is 0.382 e. The van der Waals surface area contributed by atoms with Crippen molar-refractivity contribution in [3.05, 3.63) is 18.5 Å². The lowest BCUT2D eigenvalue weighted by Gasteiger charge is -2.09. The Balaban J connectivity index is 2.14. The number of aliphatic imine (C=N–C) groups is 1. The molecule has 0 radical (unpaired) electrons. The van der Waals surface area contributed by atoms with Crippen LogP contribution in [0.1, 0.15) is 13.3 Å². The SMILES string of the molecule is CCOCCCN=C(NN)NCCn1cccn1. The van der Waals surface area contributed by atoms with Crippen molar-refractivity contribution < 1.29 is 4.74 Å². The van der Waals surface area contributed by atoms with Crippen LogP contribution in [-0.2, 0) is 11.3 Å². The number of hydrazine groups is 1. The minimum Gasteiger partial charge on any atom is -0.382 e. The van der Waals surface area contributed by atoms with Crippen molar-refractivity contribution in [3.8, 4) is 0 Å². The van der Waals surface area contributed by atoms with Gasteiger partial charge in [-0.2, -0.15) is 5.10 Å². The number of hydrogen-bond donors (Lipinski definition) is 3. The van der Waals surface area contributed by atoms with Gasteiger partial charge in [0, 0.05) is 38.7 Å². The molecule has 1 heterocycles. The first-order chi connectivity index (χ1) is 8.86. The number of nitrogens with one attached hydrogen (secondary N) is 2. The minimum atomic E-state index is 0.596. The van der Waals surface area contributed by atoms with E-state index >= 15 is 0 Å². The Morgan fingerprint density at radius 1 is 1.56 bits per heavy atom. The summed E-state index contributed by atoms with van der Waals surface area (Å²) in [6.45, 7) is 5.63. The Morgan fingerprint density at radius 3 is 3.11 bits per heavy atom. The van der Waals surface area contributed by atoms with Gasteiger partial charge in [-0.05, 0) is 19.4 Å². The van der Waals surface area contributed by atoms with Gasteiger partial charge in [-0.1, -0.05) is 0 Å². The molecule has 102 valence electrons. The van der Waals surface area contributed by atoms with Crippen LogP contribution in [0.4, 0.5) is 0 Å². The standard InChI is InChI=1S/C11H22N6O/c1-2-18-10-4-5-13-11(16-12)14-7-9-17-8-3-6-15-17/h3,6,8H,2,4-5,7,9-10,12H2,1H3,(H2,13,14,16). The molecule has 1 aromatic rings. The first-order valence-corrected chi connectivity index (χ1v) is 6.17. The van der Waals surface area contributed by atoms with Gasteiger partial charge in [-0.3, -0.25) is 15.1 Å². The van der Waals surface area contributed by atoms with E-state index in [2.05, 4.69) is 20.8 Å². The second kappa shape index (κ2) is 9.43. The average molecular weight is 254 g/mol. The zero-order valence-corrected chi connectivity index (χ0v) is 10.8. The lowest BCUT2D eigenvalue weighted by molar-refractivity contribution is 0.146. The summed E-state index contributed by atoms with van der Waals surface area (Å²) in [6, 6.07) is 1.89. The van der Waals surface area contributed by atoms with E-state index in [0.29, 0.717) is 12.5 Å². The Morgan fingerprint density at radius 2 is 2.44 bits per heavy atom. The summed E-state index contributed by atoms with van der Waals surface area (Å²) in [7, 11) is 0. The third kappa shape index (κ3) is 6.21. The maximum atomic E-state index is 5.38. The highest BCUT2D eigenvalue weighted by molar-refractivity contribution is 5.79. The Kier molecular flexibility index (Phi) is 7.58. The van der Waals surface area contributed by atoms with Crippen molar-refractivity contribution in [2.75, 3.05) is 26.3 Å². The molecular formula is C11H22N6O. The molecule has 0 spiro atoms. The summed E-state index contributed by atoms with van der Waals surface area (Å²) in [5, 5.41) is 7.21. The van der Waals surface area contributed by atoms with Crippen molar-refractivity contribution in [1.82, 2.24) is 20.5 Å². The van der Waals surface area contributed by atoms with E-state index in [0.717, 1.165) is 32.7 Å². The van der Waals surface area contributed by atoms with E-state index in [1.54, 1.807) is 6.20 Å². The topological polar surface area (TPSA) is 89.5 Å². The number of aromatic nitrogens is 2. The molecule has 18 heavy (non-hydrogen) atoms. The van der Waals surface area contributed by atoms with Crippen LogP contribution < -0.4 is 16.6 Å². The molecular weight excluding hydrogens is 232 g/mol. The van der Waals surface area contributed by atoms with Crippen molar-refractivity contribution in [2.24, 2.45) is 10.8 Å². The summed E-state index contributed by atoms with van der Waals surface area (Å²) in [5.74, 6) is 5.97. The van der Waals surface area contributed by atoms with Crippen LogP contribution in [0.3, 0.4) is 0 Å². The van der Waals surface area contributed by atoms with Crippen molar-refractivity contribution in [2.45, 2.75) is 19.9 Å². The molecule has 7 nitrogen and oxygen atoms in total. The number of nitrogens with zero attached hydrogens (tertiary/aromatic N) is 3. The predicted octanol–water partition coefficient (Wildman–Crippen LogP) is -0.281. The lowest BCUT2D eigenvalue weighted by atomic mass is 10.4. The summed E-state index contributed by atoms with van der Waals surface area (Å²) in [5.41, 5.74) is 2.54. The first-order valence-electron chi connectivity index (χ1n) is 6.17. The van der Waals surface area contributed by atoms with Gasteiger partial charge in [0.05, 0.1) is 6.54 Å². The van der Waals surface area contributed by atoms with Crippen LogP contribution in [0.25, 0.3) is 0 Å². The van der Waals surface area contributed by atoms with Crippen LogP contribution in [0, 0.1) is 0 Å². The van der Waals surface area contributed by atoms with Gasteiger partial charge in [0.15, 0.2) is 0 Å². The number of hydrogen-bond acceptors (Lipinski definition) is 4. The molecule has 1 aromatic heterocycles. The molecule has 7 heteroatoms. The highest BCUT2D eigenvalue weighted by Gasteiger charge is 1.95. The van der Waals surface area contributed by atoms with E-state index in [-0.39, 0.29) is 0 Å². The Bertz CT molecular complexity index is 324. The van der Waals surface area contributed by atoms with Gasteiger partial charge in [0.25, 0.3) is 0 Å². The lowest BCUT2D eigenvalue weighted by Crippen LogP contribution is -2.42. The fourth-order valence-electron chi connectivity index (χ4n) is 1.38. The number of ether oxygens (including phenoxy) is 1. The van der Waals surface area contributed by atoms with Crippen molar-refractivity contribution in [3.63, 3.8) is 0 Å². The van der Waals surface area contributed by atoms with E-state index in [4.69, 9.17) is 10.6 Å². The number of nitrogens with two attached hydrogens (primary N) is 1. The van der Waals surface area contributed by atoms with Crippen molar-refractivity contribution >= 4 is 5.96 Å². The molecule has 0 aliphatic rings. The quantitative estimate of drug-likeness (QED) is 0.195. The third-order valence-corrected chi connectivity index (χ3v) is 2.25. The molecule has 1 rings (SSSR count). The van der Waals surface area contributed by atoms with Crippen LogP contribution in [0.2, 0.25) is 0 Å². The van der Waals surface area contributed by atoms with E-state index in [1.807, 2.05) is 23.9 Å². The molecule has 0 bridgehead atoms. The number of rotatable bonds is 8. The zero-order chi connectivity index (χ0) is 13.1. The summed E-state index contributed by atoms with van der Waals surface area (Å²) in [6.07, 6.45) is 4.56. The second-order valence-corrected chi connectivity index (χ2v) is 3.62. The minimum absolute atomic E-state index is 0.596. The summed E-state index contributed by atoms with van der Waals surface area (Å²) in [4.78, 5) is 4.29. The first kappa shape index (κ1) is 14.5. The monoisotopic (exact) mass is 254 g/mol. The molecule has 0 aliphatic heterocycles. The molecule has 0 aliphatic carbocycles. The van der Waals surface area contributed by atoms with Gasteiger partial charge in [0.2, 0.25) is 5.96 Å². The fourth-order valence-corrected chi connectivity index (χ4v) is 1.38. The molecule has 0 saturated carbocycles. The molecule has 0 saturated heterocycles. The predicted molar refractivity (Wildman–Crippen MR) is 71.0 cm³/mol. The van der Waals surface area contributed by atoms with Crippen molar-refractivity contribution in [1.29, 1.82) is 0 Å². The summed E-state index contributed by atoms with van der Waals surface area (Å²) >= 11 is 0. The molecule has 0 aromatic carbocycles. The zero-order valence-electron chi connectivity index (χ0n) is 10.8. The Hall–Kier alpha value is -1.60. The molecule has 0 unspecified atom stereocenters. The maximum Gasteiger partial charge on any atom is 0.205 e. The van der Waals surface area contributed by atoms with E-state index in [1.165, 1.54) is 0 Å². The fraction of sp³-hybridized carbons (Fsp3) is 0.636. The smallest absolute Gasteiger partial charge is 0.205 e. The summed E-state index contributed by atoms with van der Waals surface area (Å²) < 4.78 is 7.07. The molecule has 4 N–H and O–H groups in total. The van der Waals surface area contributed by atoms with Gasteiger partial charge in [-0.15, -0.1) is 0 Å². The molecule has 0 amide bonds.